The van der Waals surface area contributed by atoms with E-state index in [9.17, 15) is 15.2 Å². The Morgan fingerprint density at radius 1 is 1.14 bits per heavy atom. The Kier molecular flexibility index (Phi) is 6.69. The molecular weight excluding hydrogens is 372 g/mol. The number of non-ortho nitro benzene ring substituents is 1. The lowest BCUT2D eigenvalue weighted by Crippen LogP contribution is -2.34. The molecular formula is C21H24N4O4. The largest absolute Gasteiger partial charge is 0.391 e. The Balaban J connectivity index is 1.65. The van der Waals surface area contributed by atoms with Crippen LogP contribution in [0, 0.1) is 16.0 Å². The molecule has 0 saturated carbocycles. The Bertz CT molecular complexity index is 925. The molecule has 152 valence electrons. The molecule has 8 nitrogen and oxygen atoms in total. The van der Waals surface area contributed by atoms with E-state index in [1.807, 2.05) is 44.2 Å². The monoisotopic (exact) mass is 396 g/mol. The van der Waals surface area contributed by atoms with Gasteiger partial charge in [0.15, 0.2) is 0 Å². The zero-order valence-electron chi connectivity index (χ0n) is 16.4. The maximum absolute atomic E-state index is 10.8. The van der Waals surface area contributed by atoms with Gasteiger partial charge in [0.25, 0.3) is 5.69 Å². The number of aliphatic hydroxyl groups is 1. The van der Waals surface area contributed by atoms with Crippen LogP contribution in [0.4, 0.5) is 5.69 Å². The van der Waals surface area contributed by atoms with E-state index in [4.69, 9.17) is 4.52 Å². The Labute approximate surface area is 168 Å². The summed E-state index contributed by atoms with van der Waals surface area (Å²) >= 11 is 0. The maximum Gasteiger partial charge on any atom is 0.269 e. The molecule has 0 amide bonds. The molecule has 2 N–H and O–H groups in total. The van der Waals surface area contributed by atoms with Gasteiger partial charge < -0.3 is 14.9 Å². The van der Waals surface area contributed by atoms with Gasteiger partial charge in [-0.25, -0.2) is 0 Å². The van der Waals surface area contributed by atoms with Crippen molar-refractivity contribution in [3.63, 3.8) is 0 Å². The summed E-state index contributed by atoms with van der Waals surface area (Å²) in [5, 5.41) is 28.4. The summed E-state index contributed by atoms with van der Waals surface area (Å²) in [6, 6.07) is 15.6. The van der Waals surface area contributed by atoms with Gasteiger partial charge in [-0.2, -0.15) is 4.98 Å². The summed E-state index contributed by atoms with van der Waals surface area (Å²) in [5.41, 5.74) is 1.71. The van der Waals surface area contributed by atoms with Crippen molar-refractivity contribution in [2.45, 2.75) is 32.4 Å². The second kappa shape index (κ2) is 9.40. The molecule has 0 aliphatic heterocycles. The Morgan fingerprint density at radius 2 is 1.83 bits per heavy atom. The minimum Gasteiger partial charge on any atom is -0.391 e. The van der Waals surface area contributed by atoms with E-state index in [1.165, 1.54) is 12.1 Å². The summed E-state index contributed by atoms with van der Waals surface area (Å²) in [7, 11) is 0. The van der Waals surface area contributed by atoms with Gasteiger partial charge in [0, 0.05) is 24.2 Å². The molecule has 1 aromatic heterocycles. The van der Waals surface area contributed by atoms with Crippen LogP contribution < -0.4 is 5.32 Å². The van der Waals surface area contributed by atoms with E-state index in [-0.39, 0.29) is 17.6 Å². The molecule has 1 heterocycles. The van der Waals surface area contributed by atoms with Crippen LogP contribution in [0.15, 0.2) is 59.1 Å². The van der Waals surface area contributed by atoms with Gasteiger partial charge in [-0.05, 0) is 30.0 Å². The number of nitro groups is 1. The fourth-order valence-corrected chi connectivity index (χ4v) is 3.04. The van der Waals surface area contributed by atoms with Gasteiger partial charge in [-0.15, -0.1) is 0 Å². The second-order valence-corrected chi connectivity index (χ2v) is 7.23. The van der Waals surface area contributed by atoms with Crippen LogP contribution in [0.5, 0.6) is 0 Å². The third-order valence-corrected chi connectivity index (χ3v) is 4.60. The standard InChI is InChI=1S/C21H24N4O4/c1-14(2)19(22-13-18(26)12-15-6-4-3-5-7-15)21-23-20(24-29-21)16-8-10-17(11-9-16)25(27)28/h3-11,14,18-19,22,26H,12-13H2,1-2H3. The first kappa shape index (κ1) is 20.6. The van der Waals surface area contributed by atoms with Gasteiger partial charge in [0.1, 0.15) is 0 Å². The van der Waals surface area contributed by atoms with Crippen LogP contribution in [-0.2, 0) is 6.42 Å². The summed E-state index contributed by atoms with van der Waals surface area (Å²) in [5.74, 6) is 0.941. The molecule has 2 aromatic carbocycles. The lowest BCUT2D eigenvalue weighted by atomic mass is 10.0. The highest BCUT2D eigenvalue weighted by atomic mass is 16.6. The first-order chi connectivity index (χ1) is 13.9. The van der Waals surface area contributed by atoms with Crippen molar-refractivity contribution in [3.05, 3.63) is 76.2 Å². The number of aliphatic hydroxyl groups excluding tert-OH is 1. The predicted molar refractivity (Wildman–Crippen MR) is 108 cm³/mol. The van der Waals surface area contributed by atoms with Crippen molar-refractivity contribution in [3.8, 4) is 11.4 Å². The third kappa shape index (κ3) is 5.46. The zero-order chi connectivity index (χ0) is 20.8. The molecule has 2 atom stereocenters. The summed E-state index contributed by atoms with van der Waals surface area (Å²) in [6.45, 7) is 4.43. The van der Waals surface area contributed by atoms with Crippen LogP contribution in [0.25, 0.3) is 11.4 Å². The van der Waals surface area contributed by atoms with Gasteiger partial charge in [-0.3, -0.25) is 10.1 Å². The fraction of sp³-hybridized carbons (Fsp3) is 0.333. The van der Waals surface area contributed by atoms with Crippen LogP contribution in [0.1, 0.15) is 31.3 Å². The van der Waals surface area contributed by atoms with E-state index in [2.05, 4.69) is 15.5 Å². The van der Waals surface area contributed by atoms with Crippen LogP contribution in [0.3, 0.4) is 0 Å². The normalized spacial score (nSPS) is 13.4. The van der Waals surface area contributed by atoms with Gasteiger partial charge in [0.2, 0.25) is 11.7 Å². The number of nitrogens with zero attached hydrogens (tertiary/aromatic N) is 3. The highest BCUT2D eigenvalue weighted by molar-refractivity contribution is 5.56. The molecule has 0 spiro atoms. The summed E-state index contributed by atoms with van der Waals surface area (Å²) in [6.07, 6.45) is 0.00648. The van der Waals surface area contributed by atoms with E-state index in [0.717, 1.165) is 5.56 Å². The predicted octanol–water partition coefficient (Wildman–Crippen LogP) is 3.54. The van der Waals surface area contributed by atoms with Crippen molar-refractivity contribution in [1.82, 2.24) is 15.5 Å². The molecule has 29 heavy (non-hydrogen) atoms. The van der Waals surface area contributed by atoms with Crippen LogP contribution >= 0.6 is 0 Å². The number of hydrogen-bond acceptors (Lipinski definition) is 7. The fourth-order valence-electron chi connectivity index (χ4n) is 3.04. The van der Waals surface area contributed by atoms with E-state index in [0.29, 0.717) is 30.2 Å². The number of hydrogen-bond donors (Lipinski definition) is 2. The molecule has 0 radical (unpaired) electrons. The highest BCUT2D eigenvalue weighted by Crippen LogP contribution is 2.25. The van der Waals surface area contributed by atoms with Crippen molar-refractivity contribution in [2.24, 2.45) is 5.92 Å². The molecule has 3 rings (SSSR count). The lowest BCUT2D eigenvalue weighted by molar-refractivity contribution is -0.384. The first-order valence-corrected chi connectivity index (χ1v) is 9.48. The van der Waals surface area contributed by atoms with Crippen LogP contribution in [-0.4, -0.2) is 32.8 Å². The quantitative estimate of drug-likeness (QED) is 0.420. The molecule has 2 unspecified atom stereocenters. The average molecular weight is 396 g/mol. The lowest BCUT2D eigenvalue weighted by Gasteiger charge is -2.20. The average Bonchev–Trinajstić information content (AvgIpc) is 3.18. The maximum atomic E-state index is 10.8. The molecule has 0 aliphatic carbocycles. The number of benzene rings is 2. The molecule has 0 aliphatic rings. The molecule has 0 fully saturated rings. The first-order valence-electron chi connectivity index (χ1n) is 9.48. The van der Waals surface area contributed by atoms with Gasteiger partial charge >= 0.3 is 0 Å². The van der Waals surface area contributed by atoms with Gasteiger partial charge in [0.05, 0.1) is 17.1 Å². The highest BCUT2D eigenvalue weighted by Gasteiger charge is 2.23. The van der Waals surface area contributed by atoms with Crippen LogP contribution in [0.2, 0.25) is 0 Å². The van der Waals surface area contributed by atoms with Gasteiger partial charge in [-0.1, -0.05) is 49.3 Å². The molecule has 0 bridgehead atoms. The molecule has 3 aromatic rings. The summed E-state index contributed by atoms with van der Waals surface area (Å²) in [4.78, 5) is 14.8. The smallest absolute Gasteiger partial charge is 0.269 e. The number of nitrogens with one attached hydrogen (secondary N) is 1. The Morgan fingerprint density at radius 3 is 2.45 bits per heavy atom. The zero-order valence-corrected chi connectivity index (χ0v) is 16.4. The van der Waals surface area contributed by atoms with Crippen molar-refractivity contribution < 1.29 is 14.6 Å². The topological polar surface area (TPSA) is 114 Å². The third-order valence-electron chi connectivity index (χ3n) is 4.60. The number of rotatable bonds is 9. The van der Waals surface area contributed by atoms with Crippen molar-refractivity contribution in [2.75, 3.05) is 6.54 Å². The van der Waals surface area contributed by atoms with E-state index >= 15 is 0 Å². The summed E-state index contributed by atoms with van der Waals surface area (Å²) < 4.78 is 5.43. The van der Waals surface area contributed by atoms with Crippen molar-refractivity contribution >= 4 is 5.69 Å². The number of nitro benzene ring substituents is 1. The minimum atomic E-state index is -0.546. The van der Waals surface area contributed by atoms with E-state index < -0.39 is 11.0 Å². The van der Waals surface area contributed by atoms with E-state index in [1.54, 1.807) is 12.1 Å². The molecule has 0 saturated heterocycles. The SMILES string of the molecule is CC(C)C(NCC(O)Cc1ccccc1)c1nc(-c2ccc([N+](=O)[O-])cc2)no1. The van der Waals surface area contributed by atoms with Crippen molar-refractivity contribution in [1.29, 1.82) is 0 Å². The molecule has 8 heteroatoms. The minimum absolute atomic E-state index is 0.00611. The number of aromatic nitrogens is 2. The second-order valence-electron chi connectivity index (χ2n) is 7.23. The Hall–Kier alpha value is -3.10.